The lowest BCUT2D eigenvalue weighted by molar-refractivity contribution is -0.109. The Balaban J connectivity index is 1.29. The van der Waals surface area contributed by atoms with Gasteiger partial charge in [0.2, 0.25) is 5.88 Å². The first-order valence-corrected chi connectivity index (χ1v) is 11.2. The average Bonchev–Trinajstić information content (AvgIpc) is 3.60. The number of aromatic nitrogens is 1. The number of nitrogens with zero attached hydrogens (tertiary/aromatic N) is 1. The van der Waals surface area contributed by atoms with E-state index >= 15 is 0 Å². The van der Waals surface area contributed by atoms with E-state index in [0.29, 0.717) is 11.6 Å². The summed E-state index contributed by atoms with van der Waals surface area (Å²) in [6.07, 6.45) is 2.32. The van der Waals surface area contributed by atoms with Crippen molar-refractivity contribution >= 4 is 18.3 Å². The molecule has 3 aromatic carbocycles. The number of carbonyl (C=O) groups excluding carboxylic acids is 2. The number of rotatable bonds is 7. The van der Waals surface area contributed by atoms with Gasteiger partial charge in [0.1, 0.15) is 18.6 Å². The molecule has 0 unspecified atom stereocenters. The molecule has 6 nitrogen and oxygen atoms in total. The number of oxazole rings is 1. The second-order valence-corrected chi connectivity index (χ2v) is 8.53. The van der Waals surface area contributed by atoms with E-state index in [2.05, 4.69) is 10.3 Å². The van der Waals surface area contributed by atoms with Crippen molar-refractivity contribution < 1.29 is 18.7 Å². The number of aryl methyl sites for hydroxylation is 1. The van der Waals surface area contributed by atoms with Crippen molar-refractivity contribution in [3.63, 3.8) is 0 Å². The standard InChI is InChI=1S/C28H24N2O4/c1-19-29-25(26(34-19)30-27(32)33-17-20-5-3-2-4-6-20)23-9-7-21(8-10-23)22-11-13-24(14-12-22)28(18-31)15-16-28/h2-14,18H,15-17H2,1H3,(H,30,32). The molecule has 5 rings (SSSR count). The van der Waals surface area contributed by atoms with E-state index < -0.39 is 6.09 Å². The molecule has 1 fully saturated rings. The maximum absolute atomic E-state index is 12.3. The molecule has 0 atom stereocenters. The summed E-state index contributed by atoms with van der Waals surface area (Å²) >= 11 is 0. The fraction of sp³-hybridized carbons (Fsp3) is 0.179. The number of carbonyl (C=O) groups is 2. The molecule has 0 radical (unpaired) electrons. The zero-order valence-corrected chi connectivity index (χ0v) is 18.8. The van der Waals surface area contributed by atoms with Gasteiger partial charge >= 0.3 is 6.09 Å². The van der Waals surface area contributed by atoms with Gasteiger partial charge in [0.15, 0.2) is 5.89 Å². The number of nitrogens with one attached hydrogen (secondary N) is 1. The smallest absolute Gasteiger partial charge is 0.414 e. The van der Waals surface area contributed by atoms with Crippen LogP contribution in [0.2, 0.25) is 0 Å². The van der Waals surface area contributed by atoms with Gasteiger partial charge in [-0.3, -0.25) is 5.32 Å². The fourth-order valence-corrected chi connectivity index (χ4v) is 3.98. The third kappa shape index (κ3) is 4.48. The Bertz CT molecular complexity index is 1310. The lowest BCUT2D eigenvalue weighted by Gasteiger charge is -2.09. The minimum absolute atomic E-state index is 0.163. The Labute approximate surface area is 197 Å². The van der Waals surface area contributed by atoms with Crippen LogP contribution < -0.4 is 5.32 Å². The molecule has 0 bridgehead atoms. The Kier molecular flexibility index (Phi) is 5.72. The normalized spacial score (nSPS) is 13.8. The number of amides is 1. The summed E-state index contributed by atoms with van der Waals surface area (Å²) in [5.41, 5.74) is 5.17. The number of hydrogen-bond donors (Lipinski definition) is 1. The molecule has 1 aromatic heterocycles. The van der Waals surface area contributed by atoms with Gasteiger partial charge < -0.3 is 13.9 Å². The van der Waals surface area contributed by atoms with Gasteiger partial charge in [-0.05, 0) is 35.1 Å². The monoisotopic (exact) mass is 452 g/mol. The van der Waals surface area contributed by atoms with Crippen molar-refractivity contribution in [3.8, 4) is 22.4 Å². The highest BCUT2D eigenvalue weighted by atomic mass is 16.6. The highest BCUT2D eigenvalue weighted by Crippen LogP contribution is 2.46. The van der Waals surface area contributed by atoms with Crippen LogP contribution in [-0.4, -0.2) is 17.4 Å². The number of ether oxygens (including phenoxy) is 1. The quantitative estimate of drug-likeness (QED) is 0.333. The molecule has 1 amide bonds. The minimum Gasteiger partial charge on any atom is -0.444 e. The first-order valence-electron chi connectivity index (χ1n) is 11.2. The minimum atomic E-state index is -0.610. The van der Waals surface area contributed by atoms with Crippen molar-refractivity contribution in [1.29, 1.82) is 0 Å². The van der Waals surface area contributed by atoms with Crippen molar-refractivity contribution in [2.24, 2.45) is 0 Å². The molecule has 1 N–H and O–H groups in total. The van der Waals surface area contributed by atoms with Crippen LogP contribution in [0.15, 0.2) is 83.3 Å². The second kappa shape index (κ2) is 8.98. The zero-order valence-electron chi connectivity index (χ0n) is 18.8. The fourth-order valence-electron chi connectivity index (χ4n) is 3.98. The SMILES string of the molecule is Cc1nc(-c2ccc(-c3ccc(C4(C=O)CC4)cc3)cc2)c(NC(=O)OCc2ccccc2)o1. The maximum atomic E-state index is 12.3. The third-order valence-corrected chi connectivity index (χ3v) is 6.13. The third-order valence-electron chi connectivity index (χ3n) is 6.13. The van der Waals surface area contributed by atoms with E-state index in [-0.39, 0.29) is 17.9 Å². The van der Waals surface area contributed by atoms with E-state index in [9.17, 15) is 9.59 Å². The zero-order chi connectivity index (χ0) is 23.5. The number of aldehydes is 1. The van der Waals surface area contributed by atoms with Crippen LogP contribution in [0.4, 0.5) is 10.7 Å². The Hall–Kier alpha value is -4.19. The maximum Gasteiger partial charge on any atom is 0.414 e. The molecule has 6 heteroatoms. The summed E-state index contributed by atoms with van der Waals surface area (Å²) < 4.78 is 10.9. The van der Waals surface area contributed by atoms with Crippen molar-refractivity contribution in [1.82, 2.24) is 4.98 Å². The molecule has 1 aliphatic carbocycles. The molecule has 34 heavy (non-hydrogen) atoms. The van der Waals surface area contributed by atoms with Crippen LogP contribution in [0.3, 0.4) is 0 Å². The summed E-state index contributed by atoms with van der Waals surface area (Å²) in [6, 6.07) is 25.5. The van der Waals surface area contributed by atoms with Crippen molar-refractivity contribution in [2.45, 2.75) is 31.8 Å². The van der Waals surface area contributed by atoms with Crippen molar-refractivity contribution in [3.05, 3.63) is 95.9 Å². The lowest BCUT2D eigenvalue weighted by Crippen LogP contribution is -2.13. The average molecular weight is 453 g/mol. The summed E-state index contributed by atoms with van der Waals surface area (Å²) in [4.78, 5) is 28.1. The van der Waals surface area contributed by atoms with E-state index in [0.717, 1.165) is 46.9 Å². The molecule has 0 saturated heterocycles. The Morgan fingerprint density at radius 1 is 0.971 bits per heavy atom. The molecule has 1 saturated carbocycles. The molecule has 1 heterocycles. The first-order chi connectivity index (χ1) is 16.6. The first kappa shape index (κ1) is 21.6. The van der Waals surface area contributed by atoms with Crippen LogP contribution in [0.5, 0.6) is 0 Å². The van der Waals surface area contributed by atoms with Gasteiger partial charge in [0, 0.05) is 12.5 Å². The molecule has 0 spiro atoms. The van der Waals surface area contributed by atoms with Gasteiger partial charge in [-0.15, -0.1) is 0 Å². The molecule has 4 aromatic rings. The second-order valence-electron chi connectivity index (χ2n) is 8.53. The lowest BCUT2D eigenvalue weighted by atomic mass is 9.94. The van der Waals surface area contributed by atoms with E-state index in [1.807, 2.05) is 78.9 Å². The summed E-state index contributed by atoms with van der Waals surface area (Å²) in [6.45, 7) is 1.89. The summed E-state index contributed by atoms with van der Waals surface area (Å²) in [5.74, 6) is 0.688. The van der Waals surface area contributed by atoms with Crippen LogP contribution in [0, 0.1) is 6.92 Å². The molecule has 170 valence electrons. The highest BCUT2D eigenvalue weighted by molar-refractivity contribution is 5.88. The number of hydrogen-bond acceptors (Lipinski definition) is 5. The largest absolute Gasteiger partial charge is 0.444 e. The van der Waals surface area contributed by atoms with Gasteiger partial charge in [-0.1, -0.05) is 78.9 Å². The van der Waals surface area contributed by atoms with Crippen LogP contribution in [0.1, 0.15) is 29.9 Å². The topological polar surface area (TPSA) is 81.4 Å². The molecular weight excluding hydrogens is 428 g/mol. The summed E-state index contributed by atoms with van der Waals surface area (Å²) in [7, 11) is 0. The van der Waals surface area contributed by atoms with E-state index in [1.165, 1.54) is 0 Å². The Morgan fingerprint density at radius 2 is 1.59 bits per heavy atom. The van der Waals surface area contributed by atoms with Gasteiger partial charge in [0.05, 0.1) is 5.41 Å². The van der Waals surface area contributed by atoms with E-state index in [4.69, 9.17) is 9.15 Å². The van der Waals surface area contributed by atoms with E-state index in [1.54, 1.807) is 6.92 Å². The van der Waals surface area contributed by atoms with Gasteiger partial charge in [0.25, 0.3) is 0 Å². The number of anilines is 1. The van der Waals surface area contributed by atoms with Crippen LogP contribution >= 0.6 is 0 Å². The molecule has 0 aliphatic heterocycles. The highest BCUT2D eigenvalue weighted by Gasteiger charge is 2.44. The van der Waals surface area contributed by atoms with Crippen LogP contribution in [0.25, 0.3) is 22.4 Å². The summed E-state index contributed by atoms with van der Waals surface area (Å²) in [5, 5.41) is 2.66. The number of benzene rings is 3. The van der Waals surface area contributed by atoms with Gasteiger partial charge in [-0.25, -0.2) is 9.78 Å². The van der Waals surface area contributed by atoms with Crippen LogP contribution in [-0.2, 0) is 21.6 Å². The molecule has 1 aliphatic rings. The van der Waals surface area contributed by atoms with Crippen molar-refractivity contribution in [2.75, 3.05) is 5.32 Å². The van der Waals surface area contributed by atoms with Gasteiger partial charge in [-0.2, -0.15) is 0 Å². The predicted octanol–water partition coefficient (Wildman–Crippen LogP) is 6.30. The Morgan fingerprint density at radius 3 is 2.21 bits per heavy atom. The predicted molar refractivity (Wildman–Crippen MR) is 129 cm³/mol. The molecular formula is C28H24N2O4.